The second-order valence-electron chi connectivity index (χ2n) is 13.0. The van der Waals surface area contributed by atoms with Gasteiger partial charge in [-0.2, -0.15) is 0 Å². The third-order valence-electron chi connectivity index (χ3n) is 11.0. The van der Waals surface area contributed by atoms with Gasteiger partial charge in [0.15, 0.2) is 6.23 Å². The van der Waals surface area contributed by atoms with Gasteiger partial charge in [0.05, 0.1) is 23.2 Å². The third kappa shape index (κ3) is 2.55. The summed E-state index contributed by atoms with van der Waals surface area (Å²) in [5, 5.41) is 0. The van der Waals surface area contributed by atoms with Crippen molar-refractivity contribution in [3.05, 3.63) is 59.2 Å². The van der Waals surface area contributed by atoms with Crippen LogP contribution >= 0.6 is 0 Å². The average molecular weight is 514 g/mol. The molecule has 3 fully saturated rings. The molecule has 2 aromatic carbocycles. The number of likely N-dealkylation sites (N-methyl/N-ethyl adjacent to an activating group) is 1. The van der Waals surface area contributed by atoms with Crippen molar-refractivity contribution in [2.45, 2.75) is 100 Å². The number of hydrogen-bond acceptors (Lipinski definition) is 5. The molecule has 2 aromatic rings. The van der Waals surface area contributed by atoms with E-state index in [1.54, 1.807) is 0 Å². The molecule has 6 heteroatoms. The molecule has 6 aliphatic rings. The summed E-state index contributed by atoms with van der Waals surface area (Å²) in [5.41, 5.74) is 4.83. The van der Waals surface area contributed by atoms with Crippen LogP contribution in [0.2, 0.25) is 0 Å². The van der Waals surface area contributed by atoms with Crippen LogP contribution in [0.1, 0.15) is 82.0 Å². The number of amides is 1. The summed E-state index contributed by atoms with van der Waals surface area (Å²) in [6, 6.07) is 15.7. The van der Waals surface area contributed by atoms with Crippen LogP contribution < -0.4 is 9.64 Å². The molecule has 8 rings (SSSR count). The number of piperidine rings is 1. The number of rotatable bonds is 5. The zero-order valence-corrected chi connectivity index (χ0v) is 23.1. The molecule has 7 atom stereocenters. The van der Waals surface area contributed by atoms with Crippen LogP contribution in [0.5, 0.6) is 5.75 Å². The number of benzene rings is 2. The monoisotopic (exact) mass is 513 g/mol. The molecule has 38 heavy (non-hydrogen) atoms. The van der Waals surface area contributed by atoms with Crippen LogP contribution in [0, 0.1) is 0 Å². The van der Waals surface area contributed by atoms with Gasteiger partial charge >= 0.3 is 0 Å². The molecule has 0 saturated carbocycles. The molecule has 6 nitrogen and oxygen atoms in total. The van der Waals surface area contributed by atoms with E-state index < -0.39 is 0 Å². The van der Waals surface area contributed by atoms with Crippen LogP contribution in [0.15, 0.2) is 42.5 Å². The predicted octanol–water partition coefficient (Wildman–Crippen LogP) is 5.11. The van der Waals surface area contributed by atoms with E-state index >= 15 is 0 Å². The number of hydrogen-bond donors (Lipinski definition) is 0. The molecule has 200 valence electrons. The van der Waals surface area contributed by atoms with Crippen molar-refractivity contribution in [2.24, 2.45) is 0 Å². The molecule has 0 N–H and O–H groups in total. The maximum Gasteiger partial charge on any atom is 0.223 e. The molecule has 0 aliphatic carbocycles. The molecule has 0 aromatic heterocycles. The van der Waals surface area contributed by atoms with Crippen LogP contribution in [0.3, 0.4) is 0 Å². The Morgan fingerprint density at radius 2 is 1.82 bits per heavy atom. The van der Waals surface area contributed by atoms with Crippen LogP contribution in [-0.2, 0) is 20.4 Å². The Labute approximate surface area is 225 Å². The van der Waals surface area contributed by atoms with Crippen molar-refractivity contribution in [2.75, 3.05) is 25.0 Å². The largest absolute Gasteiger partial charge is 0.469 e. The van der Waals surface area contributed by atoms with Gasteiger partial charge in [0.2, 0.25) is 5.91 Å². The minimum absolute atomic E-state index is 0.00493. The van der Waals surface area contributed by atoms with E-state index in [1.807, 2.05) is 0 Å². The Kier molecular flexibility index (Phi) is 4.63. The minimum atomic E-state index is -0.228. The standard InChI is InChI=1S/C32H39N3O3/c1-5-6-7-15-24(36)34-18-16-31-21-12-8-9-14-23(21)37-29-32(31)17-19-35(28(31)34)26(27-30(2,3)38-27)20-11-10-13-22(25(20)32)33(29)4/h8-14,26-29H,5-7,15-19H2,1-4H3/t26-,27+,28+,29-,31-,32-/m0/s1. The summed E-state index contributed by atoms with van der Waals surface area (Å²) < 4.78 is 13.4. The van der Waals surface area contributed by atoms with Gasteiger partial charge in [0.1, 0.15) is 11.9 Å². The molecule has 1 unspecified atom stereocenters. The number of ether oxygens (including phenoxy) is 2. The maximum atomic E-state index is 14.0. The molecule has 3 saturated heterocycles. The topological polar surface area (TPSA) is 48.6 Å². The van der Waals surface area contributed by atoms with Gasteiger partial charge in [-0.25, -0.2) is 0 Å². The lowest BCUT2D eigenvalue weighted by Gasteiger charge is -2.61. The molecule has 6 aliphatic heterocycles. The zero-order chi connectivity index (χ0) is 26.0. The van der Waals surface area contributed by atoms with Crippen LogP contribution in [0.4, 0.5) is 5.69 Å². The Balaban J connectivity index is 1.41. The quantitative estimate of drug-likeness (QED) is 0.411. The lowest BCUT2D eigenvalue weighted by molar-refractivity contribution is -0.146. The Bertz CT molecular complexity index is 1340. The van der Waals surface area contributed by atoms with E-state index in [2.05, 4.69) is 85.0 Å². The average Bonchev–Trinajstić information content (AvgIpc) is 3.31. The summed E-state index contributed by atoms with van der Waals surface area (Å²) in [5.74, 6) is 1.30. The Hall–Kier alpha value is -2.57. The minimum Gasteiger partial charge on any atom is -0.469 e. The highest BCUT2D eigenvalue weighted by molar-refractivity contribution is 5.79. The predicted molar refractivity (Wildman–Crippen MR) is 146 cm³/mol. The molecule has 1 amide bonds. The Morgan fingerprint density at radius 3 is 2.61 bits per heavy atom. The number of epoxide rings is 1. The highest BCUT2D eigenvalue weighted by Gasteiger charge is 2.78. The van der Waals surface area contributed by atoms with E-state index in [1.165, 1.54) is 22.4 Å². The lowest BCUT2D eigenvalue weighted by Crippen LogP contribution is -2.72. The highest BCUT2D eigenvalue weighted by atomic mass is 16.6. The van der Waals surface area contributed by atoms with E-state index in [0.717, 1.165) is 50.9 Å². The third-order valence-corrected chi connectivity index (χ3v) is 11.0. The van der Waals surface area contributed by atoms with Gasteiger partial charge in [0.25, 0.3) is 0 Å². The van der Waals surface area contributed by atoms with Gasteiger partial charge in [-0.3, -0.25) is 9.69 Å². The summed E-state index contributed by atoms with van der Waals surface area (Å²) in [7, 11) is 2.21. The molecule has 6 heterocycles. The van der Waals surface area contributed by atoms with Gasteiger partial charge in [-0.1, -0.05) is 50.1 Å². The second-order valence-corrected chi connectivity index (χ2v) is 13.0. The summed E-state index contributed by atoms with van der Waals surface area (Å²) in [6.07, 6.45) is 5.85. The number of carbonyl (C=O) groups excluding carboxylic acids is 1. The number of likely N-dealkylation sites (tertiary alicyclic amines) is 1. The van der Waals surface area contributed by atoms with Crippen molar-refractivity contribution in [3.8, 4) is 5.75 Å². The number of para-hydroxylation sites is 1. The van der Waals surface area contributed by atoms with E-state index in [-0.39, 0.29) is 41.0 Å². The molecular formula is C32H39N3O3. The number of carbonyl (C=O) groups is 1. The number of fused-ring (bicyclic) bond motifs is 1. The normalized spacial score (nSPS) is 38.3. The van der Waals surface area contributed by atoms with Crippen molar-refractivity contribution >= 4 is 11.6 Å². The number of unbranched alkanes of at least 4 members (excludes halogenated alkanes) is 2. The highest BCUT2D eigenvalue weighted by Crippen LogP contribution is 2.72. The lowest BCUT2D eigenvalue weighted by atomic mass is 9.51. The van der Waals surface area contributed by atoms with Crippen LogP contribution in [-0.4, -0.2) is 59.9 Å². The van der Waals surface area contributed by atoms with E-state index in [9.17, 15) is 4.79 Å². The molecule has 2 spiro atoms. The fourth-order valence-corrected chi connectivity index (χ4v) is 9.46. The first kappa shape index (κ1) is 23.3. The fraction of sp³-hybridized carbons (Fsp3) is 0.594. The summed E-state index contributed by atoms with van der Waals surface area (Å²) in [6.45, 7) is 8.39. The summed E-state index contributed by atoms with van der Waals surface area (Å²) in [4.78, 5) is 21.4. The summed E-state index contributed by atoms with van der Waals surface area (Å²) >= 11 is 0. The van der Waals surface area contributed by atoms with Gasteiger partial charge in [-0.05, 0) is 56.4 Å². The van der Waals surface area contributed by atoms with Gasteiger partial charge < -0.3 is 19.3 Å². The second kappa shape index (κ2) is 7.54. The molecular weight excluding hydrogens is 474 g/mol. The van der Waals surface area contributed by atoms with Gasteiger partial charge in [-0.15, -0.1) is 0 Å². The fourth-order valence-electron chi connectivity index (χ4n) is 9.46. The van der Waals surface area contributed by atoms with E-state index in [0.29, 0.717) is 12.3 Å². The van der Waals surface area contributed by atoms with Crippen molar-refractivity contribution in [1.29, 1.82) is 0 Å². The first-order chi connectivity index (χ1) is 18.4. The molecule has 0 radical (unpaired) electrons. The van der Waals surface area contributed by atoms with Crippen LogP contribution in [0.25, 0.3) is 0 Å². The van der Waals surface area contributed by atoms with E-state index in [4.69, 9.17) is 9.47 Å². The zero-order valence-electron chi connectivity index (χ0n) is 23.1. The SMILES string of the molecule is CCCCCC(=O)N1CC[C@@]23c4ccccc4O[C@@H]4N(C)c5cccc6c5[C@@]42CCN([C@@H]13)[C@@H]6[C@H]1OC1(C)C. The van der Waals surface area contributed by atoms with Crippen molar-refractivity contribution in [1.82, 2.24) is 9.80 Å². The van der Waals surface area contributed by atoms with Crippen molar-refractivity contribution in [3.63, 3.8) is 0 Å². The smallest absolute Gasteiger partial charge is 0.223 e. The number of nitrogens with zero attached hydrogens (tertiary/aromatic N) is 3. The first-order valence-corrected chi connectivity index (χ1v) is 14.7. The van der Waals surface area contributed by atoms with Gasteiger partial charge in [0, 0.05) is 43.2 Å². The Morgan fingerprint density at radius 1 is 1.03 bits per heavy atom. The number of anilines is 1. The first-order valence-electron chi connectivity index (χ1n) is 14.7. The van der Waals surface area contributed by atoms with Crippen molar-refractivity contribution < 1.29 is 14.3 Å². The molecule has 2 bridgehead atoms. The maximum absolute atomic E-state index is 14.0.